The van der Waals surface area contributed by atoms with Gasteiger partial charge in [0, 0.05) is 30.2 Å². The molecule has 0 saturated carbocycles. The Bertz CT molecular complexity index is 1160. The van der Waals surface area contributed by atoms with Gasteiger partial charge in [0.15, 0.2) is 0 Å². The Morgan fingerprint density at radius 1 is 1.16 bits per heavy atom. The second-order valence-corrected chi connectivity index (χ2v) is 7.91. The summed E-state index contributed by atoms with van der Waals surface area (Å²) in [6.45, 7) is -0.0381. The molecule has 2 unspecified atom stereocenters. The molecule has 1 saturated heterocycles. The number of para-hydroxylation sites is 2. The molecule has 0 radical (unpaired) electrons. The van der Waals surface area contributed by atoms with Crippen molar-refractivity contribution >= 4 is 34.3 Å². The minimum atomic E-state index is -0.703. The molecule has 1 aromatic heterocycles. The number of aromatic amines is 1. The van der Waals surface area contributed by atoms with Crippen LogP contribution in [-0.4, -0.2) is 58.7 Å². The van der Waals surface area contributed by atoms with Crippen LogP contribution in [-0.2, 0) is 9.59 Å². The van der Waals surface area contributed by atoms with Gasteiger partial charge in [0.05, 0.1) is 18.5 Å². The lowest BCUT2D eigenvalue weighted by atomic mass is 10.1. The van der Waals surface area contributed by atoms with Crippen LogP contribution in [0, 0.1) is 17.2 Å². The lowest BCUT2D eigenvalue weighted by molar-refractivity contribution is -0.131. The summed E-state index contributed by atoms with van der Waals surface area (Å²) >= 11 is 0. The van der Waals surface area contributed by atoms with E-state index in [9.17, 15) is 19.6 Å². The molecule has 1 fully saturated rings. The first-order valence-electron chi connectivity index (χ1n) is 10.3. The van der Waals surface area contributed by atoms with Crippen molar-refractivity contribution in [3.05, 3.63) is 66.4 Å². The molecule has 2 heterocycles. The second kappa shape index (κ2) is 8.94. The number of hydrogen-bond acceptors (Lipinski definition) is 4. The van der Waals surface area contributed by atoms with E-state index in [1.165, 1.54) is 9.80 Å². The van der Waals surface area contributed by atoms with E-state index in [0.29, 0.717) is 11.4 Å². The maximum absolute atomic E-state index is 12.9. The van der Waals surface area contributed by atoms with Crippen LogP contribution in [0.5, 0.6) is 0 Å². The highest BCUT2D eigenvalue weighted by Crippen LogP contribution is 2.25. The van der Waals surface area contributed by atoms with Crippen LogP contribution >= 0.6 is 0 Å². The zero-order valence-corrected chi connectivity index (χ0v) is 17.6. The lowest BCUT2D eigenvalue weighted by Gasteiger charge is -2.23. The Labute approximate surface area is 185 Å². The summed E-state index contributed by atoms with van der Waals surface area (Å²) in [6, 6.07) is 19.7. The molecule has 1 aliphatic heterocycles. The summed E-state index contributed by atoms with van der Waals surface area (Å²) in [6.07, 6.45) is 0.264. The minimum Gasteiger partial charge on any atom is -0.351 e. The Morgan fingerprint density at radius 3 is 2.59 bits per heavy atom. The molecule has 0 spiro atoms. The maximum Gasteiger partial charge on any atom is 0.270 e. The number of nitrogens with zero attached hydrogens (tertiary/aromatic N) is 3. The molecule has 8 nitrogen and oxygen atoms in total. The molecule has 2 aromatic carbocycles. The van der Waals surface area contributed by atoms with E-state index in [1.807, 2.05) is 42.5 Å². The third-order valence-corrected chi connectivity index (χ3v) is 5.66. The fourth-order valence-electron chi connectivity index (χ4n) is 3.95. The van der Waals surface area contributed by atoms with Crippen molar-refractivity contribution < 1.29 is 14.4 Å². The molecular formula is C24H23N5O3. The molecule has 3 aromatic rings. The van der Waals surface area contributed by atoms with Crippen LogP contribution in [0.1, 0.15) is 16.9 Å². The number of nitrogens with one attached hydrogen (secondary N) is 2. The number of aromatic nitrogens is 1. The predicted molar refractivity (Wildman–Crippen MR) is 120 cm³/mol. The number of H-pyrrole nitrogens is 1. The van der Waals surface area contributed by atoms with Crippen LogP contribution in [0.4, 0.5) is 5.69 Å². The highest BCUT2D eigenvalue weighted by molar-refractivity contribution is 5.99. The van der Waals surface area contributed by atoms with E-state index in [0.717, 1.165) is 10.9 Å². The summed E-state index contributed by atoms with van der Waals surface area (Å²) in [5.41, 5.74) is 1.89. The number of nitriles is 1. The fourth-order valence-corrected chi connectivity index (χ4v) is 3.95. The average Bonchev–Trinajstić information content (AvgIpc) is 3.43. The van der Waals surface area contributed by atoms with Gasteiger partial charge >= 0.3 is 0 Å². The Balaban J connectivity index is 1.39. The summed E-state index contributed by atoms with van der Waals surface area (Å²) in [5.74, 6) is -1.40. The molecule has 3 amide bonds. The Kier molecular flexibility index (Phi) is 5.90. The molecule has 8 heteroatoms. The standard InChI is InChI=1S/C24H23N5O3/c1-28(24(32)21-12-16-7-5-6-10-20(16)27-21)15-22(30)29-14-17(11-19(29)13-25)23(31)26-18-8-3-2-4-9-18/h2-10,12,17,19,27H,11,14-15H2,1H3,(H,26,31). The van der Waals surface area contributed by atoms with Gasteiger partial charge in [-0.1, -0.05) is 36.4 Å². The molecule has 32 heavy (non-hydrogen) atoms. The van der Waals surface area contributed by atoms with Gasteiger partial charge in [-0.2, -0.15) is 5.26 Å². The quantitative estimate of drug-likeness (QED) is 0.650. The fraction of sp³-hybridized carbons (Fsp3) is 0.250. The first-order valence-corrected chi connectivity index (χ1v) is 10.3. The number of benzene rings is 2. The number of likely N-dealkylation sites (N-methyl/N-ethyl adjacent to an activating group) is 1. The van der Waals surface area contributed by atoms with E-state index < -0.39 is 12.0 Å². The number of fused-ring (bicyclic) bond motifs is 1. The monoisotopic (exact) mass is 429 g/mol. The van der Waals surface area contributed by atoms with Crippen molar-refractivity contribution in [3.8, 4) is 6.07 Å². The zero-order chi connectivity index (χ0) is 22.7. The smallest absolute Gasteiger partial charge is 0.270 e. The maximum atomic E-state index is 12.9. The van der Waals surface area contributed by atoms with Crippen LogP contribution in [0.3, 0.4) is 0 Å². The van der Waals surface area contributed by atoms with E-state index in [2.05, 4.69) is 16.4 Å². The van der Waals surface area contributed by atoms with Crippen molar-refractivity contribution in [2.45, 2.75) is 12.5 Å². The molecule has 0 aliphatic carbocycles. The summed E-state index contributed by atoms with van der Waals surface area (Å²) in [4.78, 5) is 44.1. The number of rotatable bonds is 5. The van der Waals surface area contributed by atoms with Crippen LogP contribution in [0.2, 0.25) is 0 Å². The topological polar surface area (TPSA) is 109 Å². The molecule has 1 aliphatic rings. The van der Waals surface area contributed by atoms with Crippen molar-refractivity contribution in [1.82, 2.24) is 14.8 Å². The molecular weight excluding hydrogens is 406 g/mol. The molecule has 2 N–H and O–H groups in total. The number of amides is 3. The van der Waals surface area contributed by atoms with Crippen LogP contribution in [0.15, 0.2) is 60.7 Å². The third kappa shape index (κ3) is 4.32. The largest absolute Gasteiger partial charge is 0.351 e. The van der Waals surface area contributed by atoms with Gasteiger partial charge in [-0.25, -0.2) is 0 Å². The third-order valence-electron chi connectivity index (χ3n) is 5.66. The molecule has 2 atom stereocenters. The normalized spacial score (nSPS) is 17.7. The average molecular weight is 429 g/mol. The first kappa shape index (κ1) is 21.1. The first-order chi connectivity index (χ1) is 15.5. The predicted octanol–water partition coefficient (Wildman–Crippen LogP) is 2.62. The Morgan fingerprint density at radius 2 is 1.88 bits per heavy atom. The van der Waals surface area contributed by atoms with Gasteiger partial charge in [-0.15, -0.1) is 0 Å². The highest BCUT2D eigenvalue weighted by atomic mass is 16.2. The van der Waals surface area contributed by atoms with Gasteiger partial charge in [-0.3, -0.25) is 14.4 Å². The van der Waals surface area contributed by atoms with E-state index in [-0.39, 0.29) is 37.2 Å². The number of carbonyl (C=O) groups is 3. The van der Waals surface area contributed by atoms with Gasteiger partial charge in [0.1, 0.15) is 11.7 Å². The highest BCUT2D eigenvalue weighted by Gasteiger charge is 2.39. The van der Waals surface area contributed by atoms with Crippen LogP contribution in [0.25, 0.3) is 10.9 Å². The van der Waals surface area contributed by atoms with Crippen LogP contribution < -0.4 is 5.32 Å². The summed E-state index contributed by atoms with van der Waals surface area (Å²) < 4.78 is 0. The SMILES string of the molecule is CN(CC(=O)N1CC(C(=O)Nc2ccccc2)CC1C#N)C(=O)c1cc2ccccc2[nH]1. The van der Waals surface area contributed by atoms with Crippen molar-refractivity contribution in [3.63, 3.8) is 0 Å². The van der Waals surface area contributed by atoms with Crippen molar-refractivity contribution in [2.75, 3.05) is 25.5 Å². The summed E-state index contributed by atoms with van der Waals surface area (Å²) in [5, 5.41) is 13.3. The van der Waals surface area contributed by atoms with Gasteiger partial charge in [-0.05, 0) is 30.7 Å². The van der Waals surface area contributed by atoms with Crippen molar-refractivity contribution in [1.29, 1.82) is 5.26 Å². The summed E-state index contributed by atoms with van der Waals surface area (Å²) in [7, 11) is 1.54. The second-order valence-electron chi connectivity index (χ2n) is 7.91. The number of carbonyl (C=O) groups excluding carboxylic acids is 3. The van der Waals surface area contributed by atoms with E-state index in [1.54, 1.807) is 25.2 Å². The number of anilines is 1. The van der Waals surface area contributed by atoms with E-state index >= 15 is 0 Å². The lowest BCUT2D eigenvalue weighted by Crippen LogP contribution is -2.43. The van der Waals surface area contributed by atoms with E-state index in [4.69, 9.17) is 0 Å². The minimum absolute atomic E-state index is 0.143. The number of likely N-dealkylation sites (tertiary alicyclic amines) is 1. The Hall–Kier alpha value is -4.12. The van der Waals surface area contributed by atoms with Gasteiger partial charge in [0.2, 0.25) is 11.8 Å². The van der Waals surface area contributed by atoms with Crippen molar-refractivity contribution in [2.24, 2.45) is 5.92 Å². The van der Waals surface area contributed by atoms with Gasteiger partial charge in [0.25, 0.3) is 5.91 Å². The molecule has 4 rings (SSSR count). The number of hydrogen-bond donors (Lipinski definition) is 2. The molecule has 162 valence electrons. The van der Waals surface area contributed by atoms with Gasteiger partial charge < -0.3 is 20.1 Å². The molecule has 0 bridgehead atoms. The zero-order valence-electron chi connectivity index (χ0n) is 17.6.